The molecule has 0 bridgehead atoms. The van der Waals surface area contributed by atoms with Gasteiger partial charge in [0.05, 0.1) is 0 Å². The summed E-state index contributed by atoms with van der Waals surface area (Å²) < 4.78 is 80.9. The summed E-state index contributed by atoms with van der Waals surface area (Å²) >= 11 is 24.8. The van der Waals surface area contributed by atoms with Crippen molar-refractivity contribution in [3.8, 4) is 0 Å². The third-order valence-electron chi connectivity index (χ3n) is 11.7. The summed E-state index contributed by atoms with van der Waals surface area (Å²) in [5.41, 5.74) is 3.58. The van der Waals surface area contributed by atoms with Crippen LogP contribution < -0.4 is 10.6 Å². The SMILES string of the molecule is Cc1cc(C2=CC(c3cc(Cl)cc(Cl)c3)(C(F)(F)F)SC2=O)ccc1C(=O)NC1CCC1.Cc1cc(C2=CSC(c3cc(Cl)cc(Cl)c3)(C(F)(F)F)C2)ccc1C(=O)NC1CCC1. The molecule has 2 aliphatic carbocycles. The zero-order valence-electron chi connectivity index (χ0n) is 33.5. The van der Waals surface area contributed by atoms with Crippen molar-refractivity contribution >= 4 is 98.0 Å². The van der Waals surface area contributed by atoms with E-state index in [-0.39, 0.29) is 78.9 Å². The second-order valence-corrected chi connectivity index (χ2v) is 20.2. The zero-order chi connectivity index (χ0) is 45.6. The quantitative estimate of drug-likeness (QED) is 0.172. The van der Waals surface area contributed by atoms with Crippen LogP contribution in [0.5, 0.6) is 0 Å². The van der Waals surface area contributed by atoms with Gasteiger partial charge in [-0.2, -0.15) is 26.3 Å². The van der Waals surface area contributed by atoms with Gasteiger partial charge in [0.15, 0.2) is 4.75 Å². The van der Waals surface area contributed by atoms with Crippen LogP contribution in [0.3, 0.4) is 0 Å². The second kappa shape index (κ2) is 18.4. The van der Waals surface area contributed by atoms with E-state index in [0.29, 0.717) is 33.4 Å². The molecule has 0 spiro atoms. The van der Waals surface area contributed by atoms with Gasteiger partial charge in [-0.25, -0.2) is 0 Å². The summed E-state index contributed by atoms with van der Waals surface area (Å²) in [6.07, 6.45) is -2.57. The average molecular weight is 987 g/mol. The van der Waals surface area contributed by atoms with E-state index in [1.807, 2.05) is 0 Å². The molecule has 0 saturated heterocycles. The van der Waals surface area contributed by atoms with Crippen LogP contribution in [0.1, 0.15) is 99.0 Å². The minimum absolute atomic E-state index is 0.0296. The molecular weight excluding hydrogens is 948 g/mol. The molecule has 0 radical (unpaired) electrons. The lowest BCUT2D eigenvalue weighted by Crippen LogP contribution is -2.39. The van der Waals surface area contributed by atoms with Gasteiger partial charge in [0.2, 0.25) is 5.12 Å². The van der Waals surface area contributed by atoms with Crippen molar-refractivity contribution < 1.29 is 40.7 Å². The third kappa shape index (κ3) is 9.84. The van der Waals surface area contributed by atoms with E-state index in [1.165, 1.54) is 42.5 Å². The number of amides is 2. The highest BCUT2D eigenvalue weighted by molar-refractivity contribution is 8.16. The van der Waals surface area contributed by atoms with E-state index in [2.05, 4.69) is 10.6 Å². The lowest BCUT2D eigenvalue weighted by molar-refractivity contribution is -0.160. The minimum Gasteiger partial charge on any atom is -0.349 e. The van der Waals surface area contributed by atoms with E-state index < -0.39 is 27.0 Å². The maximum atomic E-state index is 14.3. The number of alkyl halides is 6. The molecule has 2 unspecified atom stereocenters. The van der Waals surface area contributed by atoms with Crippen molar-refractivity contribution in [3.05, 3.63) is 149 Å². The fourth-order valence-corrected chi connectivity index (χ4v) is 11.1. The molecule has 2 atom stereocenters. The average Bonchev–Trinajstić information content (AvgIpc) is 3.78. The van der Waals surface area contributed by atoms with Gasteiger partial charge in [-0.15, -0.1) is 11.8 Å². The van der Waals surface area contributed by atoms with Gasteiger partial charge in [0.1, 0.15) is 4.75 Å². The highest BCUT2D eigenvalue weighted by atomic mass is 35.5. The van der Waals surface area contributed by atoms with Gasteiger partial charge in [-0.3, -0.25) is 14.4 Å². The van der Waals surface area contributed by atoms with Crippen molar-refractivity contribution in [3.63, 3.8) is 0 Å². The number of carbonyl (C=O) groups is 3. The normalized spacial score (nSPS) is 21.4. The lowest BCUT2D eigenvalue weighted by atomic mass is 9.87. The predicted octanol–water partition coefficient (Wildman–Crippen LogP) is 14.2. The summed E-state index contributed by atoms with van der Waals surface area (Å²) in [7, 11) is 0. The molecule has 0 aromatic heterocycles. The Bertz CT molecular complexity index is 2520. The van der Waals surface area contributed by atoms with E-state index in [1.54, 1.807) is 49.6 Å². The van der Waals surface area contributed by atoms with Crippen LogP contribution >= 0.6 is 69.9 Å². The van der Waals surface area contributed by atoms with E-state index >= 15 is 0 Å². The lowest BCUT2D eigenvalue weighted by Gasteiger charge is -2.32. The molecule has 2 saturated carbocycles. The molecule has 17 heteroatoms. The van der Waals surface area contributed by atoms with Crippen LogP contribution in [0.15, 0.2) is 84.3 Å². The van der Waals surface area contributed by atoms with Crippen molar-refractivity contribution in [2.24, 2.45) is 0 Å². The monoisotopic (exact) mass is 984 g/mol. The number of hydrogen-bond donors (Lipinski definition) is 2. The fraction of sp³-hybridized carbons (Fsp3) is 0.326. The van der Waals surface area contributed by atoms with Crippen molar-refractivity contribution in [1.82, 2.24) is 10.6 Å². The third-order valence-corrected chi connectivity index (χ3v) is 15.3. The summed E-state index contributed by atoms with van der Waals surface area (Å²) in [6, 6.07) is 17.9. The Kier molecular flexibility index (Phi) is 13.8. The first-order chi connectivity index (χ1) is 29.6. The van der Waals surface area contributed by atoms with Crippen LogP contribution in [0, 0.1) is 13.8 Å². The molecule has 2 amide bonds. The van der Waals surface area contributed by atoms with Crippen LogP contribution in [0.25, 0.3) is 11.1 Å². The largest absolute Gasteiger partial charge is 0.411 e. The molecule has 2 aliphatic heterocycles. The van der Waals surface area contributed by atoms with Crippen molar-refractivity contribution in [1.29, 1.82) is 0 Å². The maximum Gasteiger partial charge on any atom is 0.411 e. The maximum absolute atomic E-state index is 14.3. The van der Waals surface area contributed by atoms with Crippen LogP contribution in [0.4, 0.5) is 26.3 Å². The van der Waals surface area contributed by atoms with Crippen molar-refractivity contribution in [2.45, 2.75) is 92.7 Å². The van der Waals surface area contributed by atoms with Crippen LogP contribution in [0.2, 0.25) is 20.1 Å². The van der Waals surface area contributed by atoms with Gasteiger partial charge >= 0.3 is 12.4 Å². The number of halogens is 10. The molecule has 2 N–H and O–H groups in total. The first kappa shape index (κ1) is 47.4. The summed E-state index contributed by atoms with van der Waals surface area (Å²) in [5, 5.41) is 7.18. The predicted molar refractivity (Wildman–Crippen MR) is 242 cm³/mol. The summed E-state index contributed by atoms with van der Waals surface area (Å²) in [5.74, 6) is -0.361. The van der Waals surface area contributed by atoms with Gasteiger partial charge in [-0.05, 0) is 151 Å². The Morgan fingerprint density at radius 3 is 1.54 bits per heavy atom. The Balaban J connectivity index is 0.000000189. The molecule has 2 heterocycles. The Hall–Kier alpha value is -3.59. The van der Waals surface area contributed by atoms with Crippen LogP contribution in [-0.2, 0) is 14.3 Å². The second-order valence-electron chi connectivity index (χ2n) is 16.0. The number of thioether (sulfide) groups is 2. The molecule has 8 rings (SSSR count). The molecular formula is C46H38Cl4F6N2O3S2. The molecule has 2 fully saturated rings. The van der Waals surface area contributed by atoms with Gasteiger partial charge in [-0.1, -0.05) is 82.4 Å². The first-order valence-electron chi connectivity index (χ1n) is 19.8. The molecule has 4 aliphatic rings. The molecule has 332 valence electrons. The highest BCUT2D eigenvalue weighted by Crippen LogP contribution is 2.60. The van der Waals surface area contributed by atoms with Crippen molar-refractivity contribution in [2.75, 3.05) is 0 Å². The fourth-order valence-electron chi connectivity index (χ4n) is 7.72. The number of hydrogen-bond acceptors (Lipinski definition) is 5. The van der Waals surface area contributed by atoms with E-state index in [0.717, 1.165) is 61.9 Å². The van der Waals surface area contributed by atoms with E-state index in [9.17, 15) is 40.7 Å². The number of rotatable bonds is 8. The van der Waals surface area contributed by atoms with E-state index in [4.69, 9.17) is 46.4 Å². The molecule has 5 nitrogen and oxygen atoms in total. The number of allylic oxidation sites excluding steroid dienone is 1. The summed E-state index contributed by atoms with van der Waals surface area (Å²) in [4.78, 5) is 37.7. The number of aryl methyl sites for hydroxylation is 2. The zero-order valence-corrected chi connectivity index (χ0v) is 38.2. The minimum atomic E-state index is -4.78. The van der Waals surface area contributed by atoms with Crippen LogP contribution in [-0.4, -0.2) is 41.4 Å². The Labute approximate surface area is 388 Å². The smallest absolute Gasteiger partial charge is 0.349 e. The number of nitrogens with one attached hydrogen (secondary N) is 2. The topological polar surface area (TPSA) is 75.3 Å². The number of benzene rings is 4. The van der Waals surface area contributed by atoms with Gasteiger partial charge in [0.25, 0.3) is 11.8 Å². The Morgan fingerprint density at radius 1 is 0.651 bits per heavy atom. The molecule has 4 aromatic rings. The summed E-state index contributed by atoms with van der Waals surface area (Å²) in [6.45, 7) is 3.50. The highest BCUT2D eigenvalue weighted by Gasteiger charge is 2.61. The molecule has 63 heavy (non-hydrogen) atoms. The molecule has 4 aromatic carbocycles. The Morgan fingerprint density at radius 2 is 1.11 bits per heavy atom. The number of carbonyl (C=O) groups excluding carboxylic acids is 3. The standard InChI is InChI=1S/C23H18Cl2F3NO2S.C23H20Cl2F3NOS/c1-12-7-13(5-6-18(12)20(30)29-17-3-2-4-17)19-11-22(23(26,27)28,32-21(19)31)14-8-15(24)10-16(25)9-14;1-13-7-14(5-6-20(13)21(30)29-19-3-2-4-19)15-11-22(31-12-15,23(26,27)28)16-8-17(24)10-18(25)9-16/h5-11,17H,2-4H2,1H3,(H,29,30);5-10,12,19H,2-4,11H2,1H3,(H,29,30). The van der Waals surface area contributed by atoms with Gasteiger partial charge < -0.3 is 10.6 Å². The first-order valence-corrected chi connectivity index (χ1v) is 23.0. The van der Waals surface area contributed by atoms with Gasteiger partial charge in [0, 0.05) is 55.3 Å².